The van der Waals surface area contributed by atoms with Crippen molar-refractivity contribution in [1.29, 1.82) is 0 Å². The van der Waals surface area contributed by atoms with Gasteiger partial charge in [-0.2, -0.15) is 4.31 Å². The zero-order chi connectivity index (χ0) is 16.4. The summed E-state index contributed by atoms with van der Waals surface area (Å²) in [6, 6.07) is 8.58. The van der Waals surface area contributed by atoms with E-state index in [0.29, 0.717) is 30.8 Å². The van der Waals surface area contributed by atoms with Crippen LogP contribution in [0.5, 0.6) is 0 Å². The quantitative estimate of drug-likeness (QED) is 0.848. The van der Waals surface area contributed by atoms with Gasteiger partial charge >= 0.3 is 0 Å². The van der Waals surface area contributed by atoms with E-state index in [-0.39, 0.29) is 0 Å². The Morgan fingerprint density at radius 2 is 1.74 bits per heavy atom. The topological polar surface area (TPSA) is 66.4 Å². The van der Waals surface area contributed by atoms with Gasteiger partial charge in [0.1, 0.15) is 12.1 Å². The molecule has 23 heavy (non-hydrogen) atoms. The van der Waals surface area contributed by atoms with Crippen LogP contribution in [-0.2, 0) is 22.9 Å². The largest absolute Gasteiger partial charge is 0.362 e. The van der Waals surface area contributed by atoms with Gasteiger partial charge in [-0.3, -0.25) is 0 Å². The molecule has 3 rings (SSSR count). The Balaban J connectivity index is 1.90. The van der Waals surface area contributed by atoms with Crippen LogP contribution in [0.3, 0.4) is 0 Å². The molecule has 2 heterocycles. The number of sulfonamides is 1. The zero-order valence-electron chi connectivity index (χ0n) is 13.3. The van der Waals surface area contributed by atoms with Gasteiger partial charge in [0.05, 0.1) is 10.6 Å². The monoisotopic (exact) mass is 332 g/mol. The van der Waals surface area contributed by atoms with E-state index in [2.05, 4.69) is 9.97 Å². The van der Waals surface area contributed by atoms with E-state index >= 15 is 0 Å². The summed E-state index contributed by atoms with van der Waals surface area (Å²) in [4.78, 5) is 11.0. The molecule has 1 aromatic heterocycles. The minimum atomic E-state index is -3.46. The van der Waals surface area contributed by atoms with Crippen molar-refractivity contribution in [3.8, 4) is 0 Å². The van der Waals surface area contributed by atoms with Crippen molar-refractivity contribution in [3.05, 3.63) is 47.9 Å². The maximum atomic E-state index is 12.8. The van der Waals surface area contributed by atoms with E-state index in [1.165, 1.54) is 0 Å². The average Bonchev–Trinajstić information content (AvgIpc) is 2.78. The molecule has 6 nitrogen and oxygen atoms in total. The molecular weight excluding hydrogens is 312 g/mol. The zero-order valence-corrected chi connectivity index (χ0v) is 14.1. The predicted molar refractivity (Wildman–Crippen MR) is 89.0 cm³/mol. The first-order valence-electron chi connectivity index (χ1n) is 7.55. The second kappa shape index (κ2) is 6.25. The van der Waals surface area contributed by atoms with Gasteiger partial charge in [-0.1, -0.05) is 18.2 Å². The van der Waals surface area contributed by atoms with Crippen molar-refractivity contribution in [2.45, 2.75) is 17.7 Å². The molecule has 2 aromatic rings. The van der Waals surface area contributed by atoms with Gasteiger partial charge in [0.2, 0.25) is 10.0 Å². The molecule has 0 unspecified atom stereocenters. The summed E-state index contributed by atoms with van der Waals surface area (Å²) in [5.41, 5.74) is 1.98. The molecule has 7 heteroatoms. The number of aromatic nitrogens is 2. The van der Waals surface area contributed by atoms with Crippen molar-refractivity contribution in [1.82, 2.24) is 14.3 Å². The third-order valence-corrected chi connectivity index (χ3v) is 5.94. The van der Waals surface area contributed by atoms with Crippen LogP contribution in [-0.4, -0.2) is 49.9 Å². The number of benzene rings is 1. The van der Waals surface area contributed by atoms with E-state index in [0.717, 1.165) is 17.1 Å². The molecule has 0 radical (unpaired) electrons. The van der Waals surface area contributed by atoms with Gasteiger partial charge in [-0.15, -0.1) is 0 Å². The Morgan fingerprint density at radius 3 is 2.43 bits per heavy atom. The standard InChI is InChI=1S/C16H20N4O2S/c1-19(2)16-14-8-10-20(11-9-15(14)17-12-18-16)23(21,22)13-6-4-3-5-7-13/h3-7,12H,8-11H2,1-2H3. The minimum Gasteiger partial charge on any atom is -0.362 e. The van der Waals surface area contributed by atoms with Crippen molar-refractivity contribution < 1.29 is 8.42 Å². The number of anilines is 1. The molecule has 0 spiro atoms. The van der Waals surface area contributed by atoms with Crippen LogP contribution in [0, 0.1) is 0 Å². The fraction of sp³-hybridized carbons (Fsp3) is 0.375. The van der Waals surface area contributed by atoms with E-state index < -0.39 is 10.0 Å². The lowest BCUT2D eigenvalue weighted by Gasteiger charge is -2.20. The lowest BCUT2D eigenvalue weighted by molar-refractivity contribution is 0.426. The smallest absolute Gasteiger partial charge is 0.243 e. The van der Waals surface area contributed by atoms with Crippen LogP contribution in [0.1, 0.15) is 11.3 Å². The normalized spacial score (nSPS) is 15.7. The Kier molecular flexibility index (Phi) is 4.32. The summed E-state index contributed by atoms with van der Waals surface area (Å²) >= 11 is 0. The molecule has 0 atom stereocenters. The highest BCUT2D eigenvalue weighted by molar-refractivity contribution is 7.89. The van der Waals surface area contributed by atoms with Gasteiger partial charge in [0.15, 0.2) is 0 Å². The molecule has 0 amide bonds. The van der Waals surface area contributed by atoms with Crippen LogP contribution in [0.2, 0.25) is 0 Å². The summed E-state index contributed by atoms with van der Waals surface area (Å²) in [5, 5.41) is 0. The van der Waals surface area contributed by atoms with Gasteiger partial charge in [-0.05, 0) is 18.6 Å². The van der Waals surface area contributed by atoms with Crippen LogP contribution in [0.15, 0.2) is 41.6 Å². The van der Waals surface area contributed by atoms with Crippen molar-refractivity contribution in [2.75, 3.05) is 32.1 Å². The molecular formula is C16H20N4O2S. The molecule has 1 aliphatic heterocycles. The third-order valence-electron chi connectivity index (χ3n) is 4.03. The van der Waals surface area contributed by atoms with Gasteiger partial charge in [0, 0.05) is 39.2 Å². The van der Waals surface area contributed by atoms with Crippen LogP contribution in [0.25, 0.3) is 0 Å². The number of nitrogens with zero attached hydrogens (tertiary/aromatic N) is 4. The highest BCUT2D eigenvalue weighted by atomic mass is 32.2. The van der Waals surface area contributed by atoms with Gasteiger partial charge < -0.3 is 4.90 Å². The predicted octanol–water partition coefficient (Wildman–Crippen LogP) is 1.33. The number of hydrogen-bond donors (Lipinski definition) is 0. The molecule has 0 aliphatic carbocycles. The number of fused-ring (bicyclic) bond motifs is 1. The molecule has 0 saturated heterocycles. The van der Waals surface area contributed by atoms with Gasteiger partial charge in [0.25, 0.3) is 0 Å². The van der Waals surface area contributed by atoms with Crippen molar-refractivity contribution in [3.63, 3.8) is 0 Å². The molecule has 1 aliphatic rings. The minimum absolute atomic E-state index is 0.338. The second-order valence-corrected chi connectivity index (χ2v) is 7.67. The number of rotatable bonds is 3. The third kappa shape index (κ3) is 3.07. The van der Waals surface area contributed by atoms with Crippen molar-refractivity contribution in [2.24, 2.45) is 0 Å². The first-order chi connectivity index (χ1) is 11.0. The second-order valence-electron chi connectivity index (χ2n) is 5.73. The van der Waals surface area contributed by atoms with E-state index in [9.17, 15) is 8.42 Å². The molecule has 0 bridgehead atoms. The molecule has 0 N–H and O–H groups in total. The van der Waals surface area contributed by atoms with E-state index in [1.807, 2.05) is 25.1 Å². The van der Waals surface area contributed by atoms with Crippen LogP contribution in [0.4, 0.5) is 5.82 Å². The fourth-order valence-corrected chi connectivity index (χ4v) is 4.32. The fourth-order valence-electron chi connectivity index (χ4n) is 2.86. The lowest BCUT2D eigenvalue weighted by Crippen LogP contribution is -2.33. The molecule has 1 aromatic carbocycles. The summed E-state index contributed by atoms with van der Waals surface area (Å²) in [7, 11) is 0.408. The molecule has 122 valence electrons. The first kappa shape index (κ1) is 15.9. The van der Waals surface area contributed by atoms with Crippen molar-refractivity contribution >= 4 is 15.8 Å². The summed E-state index contributed by atoms with van der Waals surface area (Å²) in [5.74, 6) is 0.869. The average molecular weight is 332 g/mol. The molecule has 0 saturated carbocycles. The van der Waals surface area contributed by atoms with Crippen LogP contribution >= 0.6 is 0 Å². The highest BCUT2D eigenvalue weighted by Crippen LogP contribution is 2.25. The number of hydrogen-bond acceptors (Lipinski definition) is 5. The Bertz CT molecular complexity index is 791. The first-order valence-corrected chi connectivity index (χ1v) is 8.99. The van der Waals surface area contributed by atoms with Gasteiger partial charge in [-0.25, -0.2) is 18.4 Å². The molecule has 0 fully saturated rings. The van der Waals surface area contributed by atoms with E-state index in [1.54, 1.807) is 34.9 Å². The summed E-state index contributed by atoms with van der Waals surface area (Å²) in [6.45, 7) is 0.881. The van der Waals surface area contributed by atoms with Crippen LogP contribution < -0.4 is 4.90 Å². The maximum absolute atomic E-state index is 12.8. The van der Waals surface area contributed by atoms with E-state index in [4.69, 9.17) is 0 Å². The maximum Gasteiger partial charge on any atom is 0.243 e. The Hall–Kier alpha value is -1.99. The summed E-state index contributed by atoms with van der Waals surface area (Å²) < 4.78 is 27.1. The lowest BCUT2D eigenvalue weighted by atomic mass is 10.1. The summed E-state index contributed by atoms with van der Waals surface area (Å²) in [6.07, 6.45) is 2.77. The Labute approximate surface area is 136 Å². The SMILES string of the molecule is CN(C)c1ncnc2c1CCN(S(=O)(=O)c1ccccc1)CC2. The Morgan fingerprint density at radius 1 is 1.04 bits per heavy atom. The highest BCUT2D eigenvalue weighted by Gasteiger charge is 2.28.